The number of nitrogens with one attached hydrogen (secondary N) is 1. The van der Waals surface area contributed by atoms with Crippen molar-refractivity contribution in [1.29, 1.82) is 0 Å². The van der Waals surface area contributed by atoms with Gasteiger partial charge in [-0.25, -0.2) is 9.67 Å². The van der Waals surface area contributed by atoms with Crippen LogP contribution in [0.4, 0.5) is 5.82 Å². The van der Waals surface area contributed by atoms with Crippen LogP contribution in [-0.4, -0.2) is 49.6 Å². The number of hydrogen-bond donors (Lipinski definition) is 1. The van der Waals surface area contributed by atoms with E-state index in [9.17, 15) is 9.59 Å². The van der Waals surface area contributed by atoms with Gasteiger partial charge in [0.25, 0.3) is 5.56 Å². The van der Waals surface area contributed by atoms with E-state index in [0.29, 0.717) is 24.8 Å². The summed E-state index contributed by atoms with van der Waals surface area (Å²) < 4.78 is 3.26. The van der Waals surface area contributed by atoms with Crippen molar-refractivity contribution in [1.82, 2.24) is 29.9 Å². The summed E-state index contributed by atoms with van der Waals surface area (Å²) in [5.41, 5.74) is -0.148. The fourth-order valence-electron chi connectivity index (χ4n) is 3.88. The van der Waals surface area contributed by atoms with Gasteiger partial charge in [0.1, 0.15) is 0 Å². The number of nitrogens with zero attached hydrogens (tertiary/aromatic N) is 6. The first-order valence-electron chi connectivity index (χ1n) is 8.95. The van der Waals surface area contributed by atoms with Gasteiger partial charge in [-0.15, -0.1) is 5.10 Å². The molecule has 3 heterocycles. The Labute approximate surface area is 151 Å². The molecule has 0 spiro atoms. The van der Waals surface area contributed by atoms with Gasteiger partial charge in [0, 0.05) is 44.6 Å². The monoisotopic (exact) mass is 357 g/mol. The van der Waals surface area contributed by atoms with Crippen LogP contribution in [0.5, 0.6) is 0 Å². The molecular weight excluding hydrogens is 334 g/mol. The van der Waals surface area contributed by atoms with E-state index in [1.807, 2.05) is 4.90 Å². The Morgan fingerprint density at radius 1 is 1.23 bits per heavy atom. The summed E-state index contributed by atoms with van der Waals surface area (Å²) in [5.74, 6) is 1.20. The number of rotatable bonds is 4. The van der Waals surface area contributed by atoms with Gasteiger partial charge in [0.05, 0.1) is 18.3 Å². The second kappa shape index (κ2) is 6.54. The standard InChI is InChI=1S/C17H23N7O2/c1-11-7-12(8-11)16(25)20-13-9-23(10-14(13)24-6-4-19-21-24)15-17(26)22(2)5-3-18-15/h3-6,11-14H,7-10H2,1-2H3,(H,20,25)/t11?,12?,13-,14+/m1/s1. The van der Waals surface area contributed by atoms with Gasteiger partial charge in [-0.3, -0.25) is 9.59 Å². The van der Waals surface area contributed by atoms with Gasteiger partial charge in [0.15, 0.2) is 5.82 Å². The van der Waals surface area contributed by atoms with Crippen molar-refractivity contribution in [3.63, 3.8) is 0 Å². The Bertz CT molecular complexity index is 841. The molecule has 1 aliphatic carbocycles. The fourth-order valence-corrected chi connectivity index (χ4v) is 3.88. The van der Waals surface area contributed by atoms with Crippen LogP contribution in [0.3, 0.4) is 0 Å². The van der Waals surface area contributed by atoms with Crippen LogP contribution in [0.2, 0.25) is 0 Å². The van der Waals surface area contributed by atoms with Crippen molar-refractivity contribution in [3.05, 3.63) is 35.1 Å². The van der Waals surface area contributed by atoms with Crippen LogP contribution in [0.25, 0.3) is 0 Å². The van der Waals surface area contributed by atoms with E-state index in [-0.39, 0.29) is 29.5 Å². The van der Waals surface area contributed by atoms with Crippen LogP contribution in [0.15, 0.2) is 29.6 Å². The molecule has 0 radical (unpaired) electrons. The second-order valence-electron chi connectivity index (χ2n) is 7.41. The van der Waals surface area contributed by atoms with E-state index in [1.54, 1.807) is 36.5 Å². The quantitative estimate of drug-likeness (QED) is 0.825. The molecule has 2 aromatic heterocycles. The number of aryl methyl sites for hydroxylation is 1. The molecule has 0 unspecified atom stereocenters. The minimum Gasteiger partial charge on any atom is -0.349 e. The molecule has 2 fully saturated rings. The first-order valence-corrected chi connectivity index (χ1v) is 8.95. The summed E-state index contributed by atoms with van der Waals surface area (Å²) in [7, 11) is 1.70. The van der Waals surface area contributed by atoms with E-state index in [0.717, 1.165) is 12.8 Å². The Kier molecular flexibility index (Phi) is 4.21. The van der Waals surface area contributed by atoms with Crippen molar-refractivity contribution in [2.75, 3.05) is 18.0 Å². The third-order valence-electron chi connectivity index (χ3n) is 5.44. The minimum absolute atomic E-state index is 0.0917. The molecule has 2 aromatic rings. The zero-order valence-electron chi connectivity index (χ0n) is 14.9. The Morgan fingerprint density at radius 2 is 2.04 bits per heavy atom. The van der Waals surface area contributed by atoms with Crippen molar-refractivity contribution in [2.24, 2.45) is 18.9 Å². The highest BCUT2D eigenvalue weighted by Crippen LogP contribution is 2.34. The van der Waals surface area contributed by atoms with Crippen LogP contribution in [0, 0.1) is 11.8 Å². The minimum atomic E-state index is -0.148. The van der Waals surface area contributed by atoms with Crippen molar-refractivity contribution in [3.8, 4) is 0 Å². The summed E-state index contributed by atoms with van der Waals surface area (Å²) in [5, 5.41) is 11.2. The zero-order valence-corrected chi connectivity index (χ0v) is 14.9. The summed E-state index contributed by atoms with van der Waals surface area (Å²) in [6.45, 7) is 3.22. The van der Waals surface area contributed by atoms with Crippen molar-refractivity contribution in [2.45, 2.75) is 31.8 Å². The van der Waals surface area contributed by atoms with Crippen LogP contribution in [0.1, 0.15) is 25.8 Å². The van der Waals surface area contributed by atoms with Crippen LogP contribution < -0.4 is 15.8 Å². The van der Waals surface area contributed by atoms with Crippen LogP contribution in [-0.2, 0) is 11.8 Å². The van der Waals surface area contributed by atoms with Gasteiger partial charge in [-0.1, -0.05) is 12.1 Å². The molecule has 2 aliphatic rings. The summed E-state index contributed by atoms with van der Waals surface area (Å²) >= 11 is 0. The molecule has 0 aromatic carbocycles. The summed E-state index contributed by atoms with van der Waals surface area (Å²) in [4.78, 5) is 31.1. The molecule has 1 aliphatic heterocycles. The fraction of sp³-hybridized carbons (Fsp3) is 0.588. The highest BCUT2D eigenvalue weighted by Gasteiger charge is 2.40. The van der Waals surface area contributed by atoms with E-state index in [2.05, 4.69) is 27.5 Å². The molecular formula is C17H23N7O2. The Morgan fingerprint density at radius 3 is 2.73 bits per heavy atom. The first kappa shape index (κ1) is 16.7. The average Bonchev–Trinajstić information content (AvgIpc) is 3.24. The molecule has 138 valence electrons. The Hall–Kier alpha value is -2.71. The van der Waals surface area contributed by atoms with Gasteiger partial charge in [0.2, 0.25) is 5.91 Å². The first-order chi connectivity index (χ1) is 12.5. The number of hydrogen-bond acceptors (Lipinski definition) is 6. The number of amides is 1. The molecule has 2 atom stereocenters. The molecule has 1 amide bonds. The molecule has 9 nitrogen and oxygen atoms in total. The molecule has 1 N–H and O–H groups in total. The van der Waals surface area contributed by atoms with E-state index < -0.39 is 0 Å². The van der Waals surface area contributed by atoms with Gasteiger partial charge < -0.3 is 14.8 Å². The third kappa shape index (κ3) is 2.97. The Balaban J connectivity index is 1.56. The predicted octanol–water partition coefficient (Wildman–Crippen LogP) is -0.0360. The molecule has 26 heavy (non-hydrogen) atoms. The number of aromatic nitrogens is 5. The molecule has 4 rings (SSSR count). The summed E-state index contributed by atoms with van der Waals surface area (Å²) in [6, 6.07) is -0.238. The van der Waals surface area contributed by atoms with Gasteiger partial charge >= 0.3 is 0 Å². The maximum absolute atomic E-state index is 12.5. The van der Waals surface area contributed by atoms with Gasteiger partial charge in [-0.05, 0) is 18.8 Å². The SMILES string of the molecule is CC1CC(C(=O)N[C@@H]2CN(c3nccn(C)c3=O)C[C@@H]2n2ccnn2)C1. The molecule has 9 heteroatoms. The number of anilines is 1. The highest BCUT2D eigenvalue weighted by molar-refractivity contribution is 5.80. The zero-order chi connectivity index (χ0) is 18.3. The van der Waals surface area contributed by atoms with E-state index in [1.165, 1.54) is 4.57 Å². The molecule has 0 bridgehead atoms. The third-order valence-corrected chi connectivity index (χ3v) is 5.44. The second-order valence-corrected chi connectivity index (χ2v) is 7.41. The lowest BCUT2D eigenvalue weighted by Gasteiger charge is -2.33. The normalized spacial score (nSPS) is 28.0. The lowest BCUT2D eigenvalue weighted by molar-refractivity contribution is -0.129. The van der Waals surface area contributed by atoms with E-state index in [4.69, 9.17) is 0 Å². The molecule has 1 saturated heterocycles. The van der Waals surface area contributed by atoms with Crippen molar-refractivity contribution < 1.29 is 4.79 Å². The maximum atomic E-state index is 12.5. The molecule has 1 saturated carbocycles. The number of carbonyl (C=O) groups is 1. The maximum Gasteiger partial charge on any atom is 0.293 e. The largest absolute Gasteiger partial charge is 0.349 e. The highest BCUT2D eigenvalue weighted by atomic mass is 16.2. The lowest BCUT2D eigenvalue weighted by atomic mass is 9.75. The summed E-state index contributed by atoms with van der Waals surface area (Å²) in [6.07, 6.45) is 8.54. The van der Waals surface area contributed by atoms with E-state index >= 15 is 0 Å². The smallest absolute Gasteiger partial charge is 0.293 e. The van der Waals surface area contributed by atoms with Crippen molar-refractivity contribution >= 4 is 11.7 Å². The van der Waals surface area contributed by atoms with Crippen LogP contribution >= 0.6 is 0 Å². The van der Waals surface area contributed by atoms with Gasteiger partial charge in [-0.2, -0.15) is 0 Å². The number of carbonyl (C=O) groups excluding carboxylic acids is 1. The topological polar surface area (TPSA) is 97.9 Å². The predicted molar refractivity (Wildman–Crippen MR) is 94.6 cm³/mol. The average molecular weight is 357 g/mol. The lowest BCUT2D eigenvalue weighted by Crippen LogP contribution is -2.47.